The van der Waals surface area contributed by atoms with Gasteiger partial charge in [-0.3, -0.25) is 4.79 Å². The molecule has 35 heavy (non-hydrogen) atoms. The van der Waals surface area contributed by atoms with E-state index in [9.17, 15) is 9.90 Å². The monoisotopic (exact) mass is 498 g/mol. The van der Waals surface area contributed by atoms with Crippen molar-refractivity contribution in [3.8, 4) is 0 Å². The number of amidine groups is 1. The van der Waals surface area contributed by atoms with Gasteiger partial charge >= 0.3 is 0 Å². The standard InChI is InChI=1S/C28H42N4O2S/c1-18(27(5,6)17-33)13-23(29)31-25(34)28(7,8)35-20-11-12-22-21(14-20)30-24(15-26(2,3)4)32(22)16-19-9-10-19/h11-14,19,33H,9-10,15-17H2,1-8H3,(H2,29,31,34). The molecule has 0 unspecified atom stereocenters. The van der Waals surface area contributed by atoms with Crippen molar-refractivity contribution < 1.29 is 9.90 Å². The van der Waals surface area contributed by atoms with Gasteiger partial charge in [-0.1, -0.05) is 40.2 Å². The summed E-state index contributed by atoms with van der Waals surface area (Å²) in [5, 5.41) is 9.55. The molecule has 1 amide bonds. The summed E-state index contributed by atoms with van der Waals surface area (Å²) in [6.45, 7) is 17.2. The molecule has 2 aromatic rings. The van der Waals surface area contributed by atoms with Gasteiger partial charge < -0.3 is 15.4 Å². The maximum absolute atomic E-state index is 13.0. The molecule has 1 fully saturated rings. The molecule has 0 aliphatic heterocycles. The number of benzene rings is 1. The van der Waals surface area contributed by atoms with Crippen LogP contribution in [0.5, 0.6) is 0 Å². The summed E-state index contributed by atoms with van der Waals surface area (Å²) < 4.78 is 1.61. The van der Waals surface area contributed by atoms with Gasteiger partial charge in [0.25, 0.3) is 5.91 Å². The van der Waals surface area contributed by atoms with Gasteiger partial charge in [-0.25, -0.2) is 4.98 Å². The zero-order valence-electron chi connectivity index (χ0n) is 22.6. The lowest BCUT2D eigenvalue weighted by Gasteiger charge is -2.23. The number of amides is 1. The van der Waals surface area contributed by atoms with Crippen molar-refractivity contribution in [2.24, 2.45) is 27.5 Å². The van der Waals surface area contributed by atoms with Crippen LogP contribution in [0, 0.1) is 16.7 Å². The highest BCUT2D eigenvalue weighted by atomic mass is 32.2. The summed E-state index contributed by atoms with van der Waals surface area (Å²) in [6, 6.07) is 6.31. The number of carbonyl (C=O) groups excluding carboxylic acids is 1. The highest BCUT2D eigenvalue weighted by molar-refractivity contribution is 8.01. The lowest BCUT2D eigenvalue weighted by molar-refractivity contribution is -0.119. The van der Waals surface area contributed by atoms with Gasteiger partial charge in [-0.2, -0.15) is 4.99 Å². The van der Waals surface area contributed by atoms with Crippen LogP contribution < -0.4 is 5.73 Å². The Bertz CT molecular complexity index is 1150. The first kappa shape index (κ1) is 27.5. The van der Waals surface area contributed by atoms with Crippen LogP contribution in [0.25, 0.3) is 11.0 Å². The molecule has 192 valence electrons. The van der Waals surface area contributed by atoms with E-state index in [2.05, 4.69) is 48.5 Å². The molecule has 6 nitrogen and oxygen atoms in total. The lowest BCUT2D eigenvalue weighted by Crippen LogP contribution is -2.28. The summed E-state index contributed by atoms with van der Waals surface area (Å²) in [5.41, 5.74) is 8.81. The molecule has 1 heterocycles. The molecule has 0 saturated heterocycles. The second kappa shape index (κ2) is 10.1. The quantitative estimate of drug-likeness (QED) is 0.261. The van der Waals surface area contributed by atoms with Gasteiger partial charge in [-0.15, -0.1) is 11.8 Å². The van der Waals surface area contributed by atoms with Crippen LogP contribution in [0.4, 0.5) is 0 Å². The van der Waals surface area contributed by atoms with E-state index in [0.29, 0.717) is 0 Å². The Morgan fingerprint density at radius 1 is 1.23 bits per heavy atom. The Labute approximate surface area is 214 Å². The van der Waals surface area contributed by atoms with Crippen LogP contribution in [0.3, 0.4) is 0 Å². The Morgan fingerprint density at radius 3 is 2.46 bits per heavy atom. The molecule has 0 spiro atoms. The minimum absolute atomic E-state index is 0.00569. The Hall–Kier alpha value is -2.12. The minimum atomic E-state index is -0.794. The molecule has 7 heteroatoms. The van der Waals surface area contributed by atoms with E-state index >= 15 is 0 Å². The van der Waals surface area contributed by atoms with Crippen LogP contribution in [0.15, 0.2) is 39.7 Å². The molecule has 1 aliphatic carbocycles. The number of aliphatic hydroxyl groups is 1. The fourth-order valence-corrected chi connectivity index (χ4v) is 4.79. The average Bonchev–Trinajstić information content (AvgIpc) is 3.49. The summed E-state index contributed by atoms with van der Waals surface area (Å²) >= 11 is 1.47. The van der Waals surface area contributed by atoms with Crippen LogP contribution in [-0.2, 0) is 17.8 Å². The number of carbonyl (C=O) groups is 1. The third-order valence-corrected chi connectivity index (χ3v) is 7.75. The molecule has 1 aromatic heterocycles. The lowest BCUT2D eigenvalue weighted by atomic mass is 9.86. The number of nitrogens with zero attached hydrogens (tertiary/aromatic N) is 3. The number of rotatable bonds is 9. The first-order valence-corrected chi connectivity index (χ1v) is 13.3. The summed E-state index contributed by atoms with van der Waals surface area (Å²) in [4.78, 5) is 23.1. The maximum atomic E-state index is 13.0. The van der Waals surface area contributed by atoms with E-state index in [-0.39, 0.29) is 23.8 Å². The van der Waals surface area contributed by atoms with Crippen molar-refractivity contribution >= 4 is 34.5 Å². The predicted molar refractivity (Wildman–Crippen MR) is 147 cm³/mol. The van der Waals surface area contributed by atoms with Crippen molar-refractivity contribution in [3.63, 3.8) is 0 Å². The van der Waals surface area contributed by atoms with E-state index in [1.54, 1.807) is 6.08 Å². The highest BCUT2D eigenvalue weighted by Crippen LogP contribution is 2.37. The zero-order valence-corrected chi connectivity index (χ0v) is 23.4. The van der Waals surface area contributed by atoms with E-state index in [1.807, 2.05) is 34.6 Å². The first-order chi connectivity index (χ1) is 16.1. The molecular formula is C28H42N4O2S. The van der Waals surface area contributed by atoms with Gasteiger partial charge in [0.15, 0.2) is 0 Å². The minimum Gasteiger partial charge on any atom is -0.395 e. The maximum Gasteiger partial charge on any atom is 0.263 e. The van der Waals surface area contributed by atoms with E-state index in [0.717, 1.165) is 40.7 Å². The number of aromatic nitrogens is 2. The zero-order chi connectivity index (χ0) is 26.2. The number of nitrogens with two attached hydrogens (primary N) is 1. The van der Waals surface area contributed by atoms with Crippen molar-refractivity contribution in [1.29, 1.82) is 0 Å². The number of hydrogen-bond acceptors (Lipinski definition) is 4. The fourth-order valence-electron chi connectivity index (χ4n) is 3.76. The predicted octanol–water partition coefficient (Wildman–Crippen LogP) is 5.75. The second-order valence-electron chi connectivity index (χ2n) is 12.3. The molecule has 1 saturated carbocycles. The van der Waals surface area contributed by atoms with Gasteiger partial charge in [0.1, 0.15) is 11.7 Å². The fraction of sp³-hybridized carbons (Fsp3) is 0.607. The molecular weight excluding hydrogens is 456 g/mol. The summed E-state index contributed by atoms with van der Waals surface area (Å²) in [6.07, 6.45) is 5.20. The molecule has 0 radical (unpaired) electrons. The number of fused-ring (bicyclic) bond motifs is 1. The molecule has 3 N–H and O–H groups in total. The van der Waals surface area contributed by atoms with Crippen LogP contribution in [0.2, 0.25) is 0 Å². The number of aliphatic hydroxyl groups excluding tert-OH is 1. The molecule has 1 aromatic carbocycles. The van der Waals surface area contributed by atoms with Gasteiger partial charge in [0, 0.05) is 23.3 Å². The van der Waals surface area contributed by atoms with E-state index in [4.69, 9.17) is 10.7 Å². The van der Waals surface area contributed by atoms with Gasteiger partial charge in [0.2, 0.25) is 0 Å². The van der Waals surface area contributed by atoms with Crippen molar-refractivity contribution in [2.45, 2.75) is 90.8 Å². The third kappa shape index (κ3) is 7.20. The number of thioether (sulfide) groups is 1. The SMILES string of the molecule is CC(=CC(N)=NC(=O)C(C)(C)Sc1ccc2c(c1)nc(CC(C)(C)C)n2CC1CC1)C(C)(C)CO. The van der Waals surface area contributed by atoms with Crippen molar-refractivity contribution in [2.75, 3.05) is 6.61 Å². The van der Waals surface area contributed by atoms with Crippen LogP contribution in [-0.4, -0.2) is 37.8 Å². The van der Waals surface area contributed by atoms with E-state index in [1.165, 1.54) is 30.1 Å². The first-order valence-electron chi connectivity index (χ1n) is 12.5. The molecule has 3 rings (SSSR count). The molecule has 0 atom stereocenters. The second-order valence-corrected chi connectivity index (χ2v) is 14.0. The highest BCUT2D eigenvalue weighted by Gasteiger charge is 2.30. The van der Waals surface area contributed by atoms with Crippen LogP contribution >= 0.6 is 11.8 Å². The smallest absolute Gasteiger partial charge is 0.263 e. The average molecular weight is 499 g/mol. The van der Waals surface area contributed by atoms with Crippen molar-refractivity contribution in [1.82, 2.24) is 9.55 Å². The summed E-state index contributed by atoms with van der Waals surface area (Å²) in [7, 11) is 0. The van der Waals surface area contributed by atoms with Gasteiger partial charge in [0.05, 0.1) is 22.4 Å². The topological polar surface area (TPSA) is 93.5 Å². The molecule has 0 bridgehead atoms. The number of hydrogen-bond donors (Lipinski definition) is 2. The molecule has 1 aliphatic rings. The number of imidazole rings is 1. The van der Waals surface area contributed by atoms with Crippen LogP contribution in [0.1, 0.15) is 74.1 Å². The normalized spacial score (nSPS) is 16.3. The Balaban J connectivity index is 1.83. The Morgan fingerprint density at radius 2 is 1.89 bits per heavy atom. The summed E-state index contributed by atoms with van der Waals surface area (Å²) in [5.74, 6) is 1.77. The third-order valence-electron chi connectivity index (χ3n) is 6.57. The van der Waals surface area contributed by atoms with Gasteiger partial charge in [-0.05, 0) is 69.2 Å². The number of aliphatic imine (C=N–C) groups is 1. The van der Waals surface area contributed by atoms with Crippen molar-refractivity contribution in [3.05, 3.63) is 35.7 Å². The largest absolute Gasteiger partial charge is 0.395 e. The van der Waals surface area contributed by atoms with E-state index < -0.39 is 10.2 Å². The Kier molecular flexibility index (Phi) is 7.92.